The Kier molecular flexibility index (Phi) is 19.8. The number of fused-ring (bicyclic) bond motifs is 2. The number of aryl methyl sites for hydroxylation is 2. The third-order valence-electron chi connectivity index (χ3n) is 12.5. The van der Waals surface area contributed by atoms with E-state index < -0.39 is 0 Å². The number of nitrogens with zero attached hydrogens (tertiary/aromatic N) is 7. The summed E-state index contributed by atoms with van der Waals surface area (Å²) in [5.74, 6) is 0.342. The van der Waals surface area contributed by atoms with E-state index in [1.54, 1.807) is 4.90 Å². The Morgan fingerprint density at radius 2 is 1.34 bits per heavy atom. The molecule has 15 heteroatoms. The molecule has 7 rings (SSSR count). The van der Waals surface area contributed by atoms with Gasteiger partial charge in [0.25, 0.3) is 0 Å². The Morgan fingerprint density at radius 1 is 0.774 bits per heavy atom. The van der Waals surface area contributed by atoms with Crippen LogP contribution in [0.25, 0.3) is 0 Å². The van der Waals surface area contributed by atoms with Crippen LogP contribution in [0.15, 0.2) is 67.0 Å². The van der Waals surface area contributed by atoms with Crippen molar-refractivity contribution in [3.05, 3.63) is 102 Å². The fourth-order valence-electron chi connectivity index (χ4n) is 9.24. The first-order valence-corrected chi connectivity index (χ1v) is 22.4. The van der Waals surface area contributed by atoms with Crippen LogP contribution in [0, 0.1) is 6.65 Å². The van der Waals surface area contributed by atoms with E-state index in [9.17, 15) is 14.4 Å². The van der Waals surface area contributed by atoms with Gasteiger partial charge in [-0.15, -0.1) is 0 Å². The normalized spacial score (nSPS) is 20.8. The van der Waals surface area contributed by atoms with Gasteiger partial charge in [0.15, 0.2) is 0 Å². The van der Waals surface area contributed by atoms with Crippen molar-refractivity contribution in [2.45, 2.75) is 95.0 Å². The van der Waals surface area contributed by atoms with Crippen molar-refractivity contribution in [3.63, 3.8) is 0 Å². The zero-order valence-corrected chi connectivity index (χ0v) is 36.8. The topological polar surface area (TPSA) is 186 Å². The minimum absolute atomic E-state index is 0.102. The first-order chi connectivity index (χ1) is 30.2. The first-order valence-electron chi connectivity index (χ1n) is 22.4. The number of pyridine rings is 2. The molecule has 1 aromatic carbocycles. The number of aromatic nitrogens is 2. The SMILES string of the molecule is CN(CC1CN(C(=O)CCCN)CCN1)C1CCCc2cccnc21.CN(CC1CN(C(=O)CCCN)CCN1C(=O)OCc1ccccc1)C1CCCc2cccnc21.[C-]#[O+]. The van der Waals surface area contributed by atoms with Gasteiger partial charge in [-0.2, -0.15) is 0 Å². The summed E-state index contributed by atoms with van der Waals surface area (Å²) >= 11 is 0. The van der Waals surface area contributed by atoms with Crippen LogP contribution in [0.4, 0.5) is 4.79 Å². The van der Waals surface area contributed by atoms with E-state index in [0.717, 1.165) is 76.0 Å². The molecule has 62 heavy (non-hydrogen) atoms. The predicted octanol–water partition coefficient (Wildman–Crippen LogP) is 3.87. The molecule has 3 aromatic rings. The van der Waals surface area contributed by atoms with E-state index in [1.807, 2.05) is 64.7 Å². The minimum atomic E-state index is -0.330. The van der Waals surface area contributed by atoms with Crippen molar-refractivity contribution < 1.29 is 23.8 Å². The molecule has 15 nitrogen and oxygen atoms in total. The summed E-state index contributed by atoms with van der Waals surface area (Å²) in [6, 6.07) is 18.8. The van der Waals surface area contributed by atoms with Crippen molar-refractivity contribution in [2.24, 2.45) is 11.5 Å². The molecule has 336 valence electrons. The van der Waals surface area contributed by atoms with Crippen LogP contribution in [0.2, 0.25) is 0 Å². The maximum atomic E-state index is 13.1. The van der Waals surface area contributed by atoms with Crippen LogP contribution in [0.5, 0.6) is 0 Å². The van der Waals surface area contributed by atoms with E-state index in [1.165, 1.54) is 23.2 Å². The third-order valence-corrected chi connectivity index (χ3v) is 12.5. The fraction of sp³-hybridized carbons (Fsp3) is 0.574. The van der Waals surface area contributed by atoms with Crippen LogP contribution < -0.4 is 16.8 Å². The standard InChI is InChI=1S/C27H37N5O3.C19H31N5O.CO/c1-30(24-12-5-10-22-11-7-15-29-26(22)24)18-23-19-31(25(33)13-6-14-28)16-17-32(23)27(34)35-20-21-8-3-2-4-9-21;1-23(17-7-2-5-15-6-4-10-22-19(15)17)13-16-14-24(12-11-21-16)18(25)8-3-9-20;1-2/h2-4,7-9,11,15,23-24H,5-6,10,12-14,16-20,28H2,1H3;4,6,10,16-17,21H,2-3,5,7-9,11-14,20H2,1H3;. The number of hydrogen-bond donors (Lipinski definition) is 3. The summed E-state index contributed by atoms with van der Waals surface area (Å²) in [4.78, 5) is 57.9. The van der Waals surface area contributed by atoms with E-state index in [0.29, 0.717) is 70.6 Å². The zero-order chi connectivity index (χ0) is 44.3. The van der Waals surface area contributed by atoms with E-state index in [-0.39, 0.29) is 36.6 Å². The summed E-state index contributed by atoms with van der Waals surface area (Å²) in [5.41, 5.74) is 17.2. The molecule has 2 aliphatic carbocycles. The molecule has 3 amide bonds. The van der Waals surface area contributed by atoms with Gasteiger partial charge in [-0.05, 0) is 107 Å². The molecule has 2 aliphatic heterocycles. The molecule has 4 unspecified atom stereocenters. The van der Waals surface area contributed by atoms with Gasteiger partial charge in [-0.3, -0.25) is 29.4 Å². The second kappa shape index (κ2) is 25.4. The number of rotatable bonds is 14. The molecule has 2 saturated heterocycles. The summed E-state index contributed by atoms with van der Waals surface area (Å²) in [6.45, 7) is 11.3. The summed E-state index contributed by atoms with van der Waals surface area (Å²) in [7, 11) is 4.28. The van der Waals surface area contributed by atoms with Crippen LogP contribution >= 0.6 is 0 Å². The Hall–Kier alpha value is -4.73. The van der Waals surface area contributed by atoms with Crippen molar-refractivity contribution in [3.8, 4) is 0 Å². The van der Waals surface area contributed by atoms with E-state index in [4.69, 9.17) is 20.9 Å². The summed E-state index contributed by atoms with van der Waals surface area (Å²) < 4.78 is 13.2. The molecule has 2 fully saturated rings. The Labute approximate surface area is 368 Å². The number of amides is 3. The van der Waals surface area contributed by atoms with Gasteiger partial charge in [-0.1, -0.05) is 42.5 Å². The Balaban J connectivity index is 0.000000237. The van der Waals surface area contributed by atoms with Gasteiger partial charge < -0.3 is 36.2 Å². The number of likely N-dealkylation sites (N-methyl/N-ethyl adjacent to an activating group) is 2. The van der Waals surface area contributed by atoms with Crippen LogP contribution in [-0.4, -0.2) is 144 Å². The monoisotopic (exact) mass is 853 g/mol. The quantitative estimate of drug-likeness (QED) is 0.158. The van der Waals surface area contributed by atoms with Gasteiger partial charge in [0.2, 0.25) is 11.8 Å². The number of hydrogen-bond acceptors (Lipinski definition) is 11. The Morgan fingerprint density at radius 3 is 1.92 bits per heavy atom. The van der Waals surface area contributed by atoms with Gasteiger partial charge in [0.05, 0.1) is 29.5 Å². The van der Waals surface area contributed by atoms with Crippen molar-refractivity contribution in [2.75, 3.05) is 79.5 Å². The number of nitrogens with two attached hydrogens (primary N) is 2. The zero-order valence-electron chi connectivity index (χ0n) is 36.8. The molecule has 0 saturated carbocycles. The Bertz CT molecular complexity index is 1870. The molecule has 5 N–H and O–H groups in total. The number of carbonyl (C=O) groups excluding carboxylic acids is 3. The van der Waals surface area contributed by atoms with Gasteiger partial charge in [-0.25, -0.2) is 4.79 Å². The van der Waals surface area contributed by atoms with Crippen molar-refractivity contribution in [1.82, 2.24) is 39.8 Å². The van der Waals surface area contributed by atoms with Crippen molar-refractivity contribution >= 4 is 17.9 Å². The number of nitrogens with one attached hydrogen (secondary N) is 1. The summed E-state index contributed by atoms with van der Waals surface area (Å²) in [6.07, 6.45) is 12.6. The molecular weight excluding hydrogens is 785 g/mol. The number of ether oxygens (including phenoxy) is 1. The second-order valence-corrected chi connectivity index (χ2v) is 16.8. The van der Waals surface area contributed by atoms with Crippen LogP contribution in [-0.2, 0) is 38.4 Å². The second-order valence-electron chi connectivity index (χ2n) is 16.8. The van der Waals surface area contributed by atoms with E-state index in [2.05, 4.69) is 58.0 Å². The van der Waals surface area contributed by atoms with Gasteiger partial charge in [0.1, 0.15) is 6.61 Å². The number of piperazine rings is 2. The number of carbonyl (C=O) groups is 3. The molecule has 0 radical (unpaired) electrons. The van der Waals surface area contributed by atoms with Crippen LogP contribution in [0.3, 0.4) is 0 Å². The van der Waals surface area contributed by atoms with E-state index >= 15 is 0 Å². The molecule has 4 atom stereocenters. The predicted molar refractivity (Wildman–Crippen MR) is 238 cm³/mol. The average molecular weight is 853 g/mol. The van der Waals surface area contributed by atoms with Gasteiger partial charge >= 0.3 is 17.4 Å². The molecule has 4 aliphatic rings. The average Bonchev–Trinajstić information content (AvgIpc) is 3.32. The molecule has 0 spiro atoms. The van der Waals surface area contributed by atoms with Gasteiger partial charge in [0, 0.05) is 83.6 Å². The molecule has 4 heterocycles. The molecular formula is C47H68N10O5. The molecule has 2 aromatic heterocycles. The summed E-state index contributed by atoms with van der Waals surface area (Å²) in [5, 5.41) is 3.57. The van der Waals surface area contributed by atoms with Crippen molar-refractivity contribution in [1.29, 1.82) is 0 Å². The maximum absolute atomic E-state index is 13.1. The fourth-order valence-corrected chi connectivity index (χ4v) is 9.24. The third kappa shape index (κ3) is 13.6. The molecule has 0 bridgehead atoms. The number of benzene rings is 1. The van der Waals surface area contributed by atoms with Crippen LogP contribution in [0.1, 0.15) is 91.5 Å². The first kappa shape index (κ1) is 48.3.